The van der Waals surface area contributed by atoms with Gasteiger partial charge in [0.15, 0.2) is 0 Å². The Bertz CT molecular complexity index is 441. The van der Waals surface area contributed by atoms with Crippen LogP contribution in [0.5, 0.6) is 0 Å². The minimum absolute atomic E-state index is 0.418. The van der Waals surface area contributed by atoms with Gasteiger partial charge in [0.25, 0.3) is 0 Å². The molecule has 0 amide bonds. The van der Waals surface area contributed by atoms with Gasteiger partial charge in [0.1, 0.15) is 0 Å². The number of hydrogen-bond donors (Lipinski definition) is 1. The summed E-state index contributed by atoms with van der Waals surface area (Å²) in [5.41, 5.74) is 1.85. The standard InChI is InChI=1S/C19H30BrN/c1-14(17-7-5-6-8-18(17)20)21-13-15-9-11-16(12-10-15)19(2,3)4/h5-8,14-16,21H,9-13H2,1-4H3/t14-,15?,16?/m1/s1. The molecule has 0 aliphatic heterocycles. The molecule has 118 valence electrons. The van der Waals surface area contributed by atoms with Gasteiger partial charge in [-0.3, -0.25) is 0 Å². The third-order valence-corrected chi connectivity index (χ3v) is 5.88. The molecule has 0 spiro atoms. The number of rotatable bonds is 4. The first-order valence-corrected chi connectivity index (χ1v) is 9.15. The first-order chi connectivity index (χ1) is 9.88. The first kappa shape index (κ1) is 17.0. The Morgan fingerprint density at radius 2 is 1.76 bits per heavy atom. The van der Waals surface area contributed by atoms with E-state index in [0.717, 1.165) is 18.4 Å². The minimum atomic E-state index is 0.418. The van der Waals surface area contributed by atoms with Crippen LogP contribution in [0.1, 0.15) is 65.0 Å². The third kappa shape index (κ3) is 4.82. The van der Waals surface area contributed by atoms with Gasteiger partial charge >= 0.3 is 0 Å². The maximum Gasteiger partial charge on any atom is 0.0303 e. The van der Waals surface area contributed by atoms with Crippen molar-refractivity contribution in [3.05, 3.63) is 34.3 Å². The molecule has 0 saturated heterocycles. The van der Waals surface area contributed by atoms with Gasteiger partial charge in [-0.15, -0.1) is 0 Å². The molecule has 1 aliphatic rings. The summed E-state index contributed by atoms with van der Waals surface area (Å²) in [6.07, 6.45) is 5.58. The lowest BCUT2D eigenvalue weighted by atomic mass is 9.70. The Kier molecular flexibility index (Phi) is 5.90. The highest BCUT2D eigenvalue weighted by molar-refractivity contribution is 9.10. The third-order valence-electron chi connectivity index (χ3n) is 5.16. The van der Waals surface area contributed by atoms with Gasteiger partial charge in [0.2, 0.25) is 0 Å². The molecular formula is C19H30BrN. The van der Waals surface area contributed by atoms with Crippen molar-refractivity contribution in [2.24, 2.45) is 17.3 Å². The second-order valence-corrected chi connectivity index (χ2v) is 8.59. The highest BCUT2D eigenvalue weighted by atomic mass is 79.9. The van der Waals surface area contributed by atoms with E-state index in [1.165, 1.54) is 35.7 Å². The monoisotopic (exact) mass is 351 g/mol. The predicted molar refractivity (Wildman–Crippen MR) is 95.5 cm³/mol. The van der Waals surface area contributed by atoms with E-state index in [-0.39, 0.29) is 0 Å². The summed E-state index contributed by atoms with van der Waals surface area (Å²) < 4.78 is 1.21. The molecule has 1 saturated carbocycles. The van der Waals surface area contributed by atoms with E-state index in [9.17, 15) is 0 Å². The Balaban J connectivity index is 1.79. The van der Waals surface area contributed by atoms with E-state index >= 15 is 0 Å². The van der Waals surface area contributed by atoms with Crippen LogP contribution in [0.4, 0.5) is 0 Å². The van der Waals surface area contributed by atoms with Crippen molar-refractivity contribution in [3.63, 3.8) is 0 Å². The van der Waals surface area contributed by atoms with Crippen molar-refractivity contribution < 1.29 is 0 Å². The van der Waals surface area contributed by atoms with Crippen LogP contribution in [0, 0.1) is 17.3 Å². The average Bonchev–Trinajstić information content (AvgIpc) is 2.45. The topological polar surface area (TPSA) is 12.0 Å². The lowest BCUT2D eigenvalue weighted by Gasteiger charge is -2.37. The van der Waals surface area contributed by atoms with E-state index in [2.05, 4.69) is 73.2 Å². The second-order valence-electron chi connectivity index (χ2n) is 7.74. The van der Waals surface area contributed by atoms with Crippen molar-refractivity contribution in [3.8, 4) is 0 Å². The Morgan fingerprint density at radius 1 is 1.14 bits per heavy atom. The summed E-state index contributed by atoms with van der Waals surface area (Å²) in [4.78, 5) is 0. The lowest BCUT2D eigenvalue weighted by Crippen LogP contribution is -2.31. The number of hydrogen-bond acceptors (Lipinski definition) is 1. The zero-order valence-electron chi connectivity index (χ0n) is 14.0. The summed E-state index contributed by atoms with van der Waals surface area (Å²) in [6, 6.07) is 8.95. The van der Waals surface area contributed by atoms with Crippen LogP contribution in [0.25, 0.3) is 0 Å². The highest BCUT2D eigenvalue weighted by Crippen LogP contribution is 2.39. The van der Waals surface area contributed by atoms with Crippen molar-refractivity contribution in [1.29, 1.82) is 0 Å². The van der Waals surface area contributed by atoms with Crippen LogP contribution in [-0.4, -0.2) is 6.54 Å². The molecular weight excluding hydrogens is 322 g/mol. The zero-order chi connectivity index (χ0) is 15.5. The molecule has 0 aromatic heterocycles. The summed E-state index contributed by atoms with van der Waals surface area (Å²) in [5.74, 6) is 1.77. The fourth-order valence-electron chi connectivity index (χ4n) is 3.51. The fraction of sp³-hybridized carbons (Fsp3) is 0.684. The maximum absolute atomic E-state index is 3.73. The molecule has 1 aromatic rings. The Hall–Kier alpha value is -0.340. The molecule has 1 atom stereocenters. The van der Waals surface area contributed by atoms with Crippen molar-refractivity contribution >= 4 is 15.9 Å². The number of nitrogens with one attached hydrogen (secondary N) is 1. The van der Waals surface area contributed by atoms with Crippen LogP contribution in [0.15, 0.2) is 28.7 Å². The zero-order valence-corrected chi connectivity index (χ0v) is 15.5. The molecule has 0 bridgehead atoms. The predicted octanol–water partition coefficient (Wildman–Crippen LogP) is 5.95. The smallest absolute Gasteiger partial charge is 0.0303 e. The molecule has 1 fully saturated rings. The summed E-state index contributed by atoms with van der Waals surface area (Å²) in [7, 11) is 0. The SMILES string of the molecule is C[C@@H](NCC1CCC(C(C)(C)C)CC1)c1ccccc1Br. The maximum atomic E-state index is 3.73. The minimum Gasteiger partial charge on any atom is -0.310 e. The summed E-state index contributed by atoms with van der Waals surface area (Å²) in [6.45, 7) is 10.6. The van der Waals surface area contributed by atoms with Crippen molar-refractivity contribution in [2.45, 2.75) is 59.4 Å². The normalized spacial score (nSPS) is 24.8. The molecule has 21 heavy (non-hydrogen) atoms. The van der Waals surface area contributed by atoms with Crippen molar-refractivity contribution in [1.82, 2.24) is 5.32 Å². The second kappa shape index (κ2) is 7.28. The van der Waals surface area contributed by atoms with E-state index in [1.54, 1.807) is 0 Å². The Labute approximate surface area is 139 Å². The number of benzene rings is 1. The van der Waals surface area contributed by atoms with Gasteiger partial charge in [0.05, 0.1) is 0 Å². The van der Waals surface area contributed by atoms with Gasteiger partial charge in [-0.1, -0.05) is 54.9 Å². The van der Waals surface area contributed by atoms with Crippen LogP contribution < -0.4 is 5.32 Å². The van der Waals surface area contributed by atoms with Crippen LogP contribution in [0.2, 0.25) is 0 Å². The van der Waals surface area contributed by atoms with E-state index < -0.39 is 0 Å². The largest absolute Gasteiger partial charge is 0.310 e. The van der Waals surface area contributed by atoms with Crippen LogP contribution >= 0.6 is 15.9 Å². The van der Waals surface area contributed by atoms with E-state index in [1.807, 2.05) is 0 Å². The van der Waals surface area contributed by atoms with E-state index in [0.29, 0.717) is 11.5 Å². The molecule has 2 rings (SSSR count). The van der Waals surface area contributed by atoms with Gasteiger partial charge < -0.3 is 5.32 Å². The highest BCUT2D eigenvalue weighted by Gasteiger charge is 2.29. The molecule has 0 heterocycles. The van der Waals surface area contributed by atoms with Crippen LogP contribution in [0.3, 0.4) is 0 Å². The molecule has 2 heteroatoms. The molecule has 1 aliphatic carbocycles. The summed E-state index contributed by atoms with van der Waals surface area (Å²) >= 11 is 3.65. The van der Waals surface area contributed by atoms with Gasteiger partial charge in [-0.2, -0.15) is 0 Å². The average molecular weight is 352 g/mol. The lowest BCUT2D eigenvalue weighted by molar-refractivity contribution is 0.148. The van der Waals surface area contributed by atoms with Gasteiger partial charge in [-0.25, -0.2) is 0 Å². The molecule has 0 unspecified atom stereocenters. The van der Waals surface area contributed by atoms with Gasteiger partial charge in [-0.05, 0) is 68.0 Å². The van der Waals surface area contributed by atoms with Crippen LogP contribution in [-0.2, 0) is 0 Å². The molecule has 0 radical (unpaired) electrons. The molecule has 1 aromatic carbocycles. The van der Waals surface area contributed by atoms with Gasteiger partial charge in [0, 0.05) is 10.5 Å². The Morgan fingerprint density at radius 3 is 2.33 bits per heavy atom. The number of halogens is 1. The van der Waals surface area contributed by atoms with Crippen molar-refractivity contribution in [2.75, 3.05) is 6.54 Å². The molecule has 1 nitrogen and oxygen atoms in total. The van der Waals surface area contributed by atoms with E-state index in [4.69, 9.17) is 0 Å². The first-order valence-electron chi connectivity index (χ1n) is 8.35. The fourth-order valence-corrected chi connectivity index (χ4v) is 4.14. The summed E-state index contributed by atoms with van der Waals surface area (Å²) in [5, 5.41) is 3.73. The molecule has 1 N–H and O–H groups in total. The quantitative estimate of drug-likeness (QED) is 0.706.